The first-order valence-electron chi connectivity index (χ1n) is 6.92. The molecule has 0 saturated carbocycles. The van der Waals surface area contributed by atoms with Crippen LogP contribution in [-0.2, 0) is 4.79 Å². The molecule has 0 atom stereocenters. The zero-order valence-corrected chi connectivity index (χ0v) is 13.2. The fraction of sp³-hybridized carbons (Fsp3) is 0.0588. The predicted octanol–water partition coefficient (Wildman–Crippen LogP) is 3.97. The number of carbonyl (C=O) groups is 1. The van der Waals surface area contributed by atoms with Crippen LogP contribution in [0.5, 0.6) is 5.75 Å². The van der Waals surface area contributed by atoms with E-state index < -0.39 is 17.0 Å². The average molecular weight is 349 g/mol. The van der Waals surface area contributed by atoms with Crippen molar-refractivity contribution in [1.29, 1.82) is 0 Å². The summed E-state index contributed by atoms with van der Waals surface area (Å²) >= 11 is 5.39. The van der Waals surface area contributed by atoms with E-state index in [2.05, 4.69) is 10.5 Å². The molecule has 0 aliphatic carbocycles. The molecule has 124 valence electrons. The van der Waals surface area contributed by atoms with Crippen LogP contribution in [0.25, 0.3) is 6.08 Å². The second kappa shape index (κ2) is 8.69. The third-order valence-corrected chi connectivity index (χ3v) is 3.08. The van der Waals surface area contributed by atoms with Crippen LogP contribution in [-0.4, -0.2) is 22.9 Å². The van der Waals surface area contributed by atoms with Gasteiger partial charge in [0, 0.05) is 6.07 Å². The summed E-state index contributed by atoms with van der Waals surface area (Å²) in [4.78, 5) is 10.6. The Morgan fingerprint density at radius 3 is 2.75 bits per heavy atom. The van der Waals surface area contributed by atoms with Crippen molar-refractivity contribution in [2.75, 3.05) is 12.0 Å². The summed E-state index contributed by atoms with van der Waals surface area (Å²) in [6, 6.07) is 13.4. The highest BCUT2D eigenvalue weighted by molar-refractivity contribution is 6.81. The normalized spacial score (nSPS) is 11.5. The summed E-state index contributed by atoms with van der Waals surface area (Å²) in [6.45, 7) is 0.242. The largest absolute Gasteiger partial charge is 0.487 e. The summed E-state index contributed by atoms with van der Waals surface area (Å²) in [5.41, 5.74) is 3.57. The molecule has 7 heteroatoms. The molecule has 0 radical (unpaired) electrons. The molecular weight excluding hydrogens is 335 g/mol. The van der Waals surface area contributed by atoms with Gasteiger partial charge in [0.2, 0.25) is 5.17 Å². The number of ether oxygens (including phenoxy) is 1. The first-order valence-corrected chi connectivity index (χ1v) is 7.30. The van der Waals surface area contributed by atoms with Crippen LogP contribution in [0.3, 0.4) is 0 Å². The molecule has 0 aromatic heterocycles. The van der Waals surface area contributed by atoms with Crippen LogP contribution < -0.4 is 10.2 Å². The van der Waals surface area contributed by atoms with Crippen LogP contribution in [0.4, 0.5) is 10.1 Å². The van der Waals surface area contributed by atoms with E-state index in [1.165, 1.54) is 12.1 Å². The van der Waals surface area contributed by atoms with Gasteiger partial charge in [0.1, 0.15) is 23.9 Å². The Balaban J connectivity index is 2.03. The minimum Gasteiger partial charge on any atom is -0.487 e. The highest BCUT2D eigenvalue weighted by Crippen LogP contribution is 2.25. The van der Waals surface area contributed by atoms with Crippen molar-refractivity contribution in [3.05, 3.63) is 66.0 Å². The zero-order valence-electron chi connectivity index (χ0n) is 12.4. The molecule has 0 aliphatic heterocycles. The molecule has 0 fully saturated rings. The van der Waals surface area contributed by atoms with Crippen LogP contribution in [0, 0.1) is 5.82 Å². The van der Waals surface area contributed by atoms with Gasteiger partial charge in [-0.3, -0.25) is 5.43 Å². The van der Waals surface area contributed by atoms with Crippen molar-refractivity contribution in [3.63, 3.8) is 0 Å². The second-order valence-corrected chi connectivity index (χ2v) is 4.94. The number of hydrazone groups is 1. The summed E-state index contributed by atoms with van der Waals surface area (Å²) in [6.07, 6.45) is 3.69. The van der Waals surface area contributed by atoms with Crippen molar-refractivity contribution in [3.8, 4) is 5.75 Å². The van der Waals surface area contributed by atoms with E-state index >= 15 is 0 Å². The molecule has 0 unspecified atom stereocenters. The fourth-order valence-electron chi connectivity index (χ4n) is 1.76. The lowest BCUT2D eigenvalue weighted by Crippen LogP contribution is -2.08. The minimum atomic E-state index is -1.39. The van der Waals surface area contributed by atoms with E-state index in [0.29, 0.717) is 5.75 Å². The van der Waals surface area contributed by atoms with E-state index in [0.717, 1.165) is 11.6 Å². The van der Waals surface area contributed by atoms with E-state index in [-0.39, 0.29) is 12.3 Å². The van der Waals surface area contributed by atoms with Crippen molar-refractivity contribution >= 4 is 34.5 Å². The molecular formula is C17H14ClFN2O3. The van der Waals surface area contributed by atoms with Gasteiger partial charge in [-0.25, -0.2) is 9.18 Å². The number of aliphatic carboxylic acids is 1. The van der Waals surface area contributed by atoms with Gasteiger partial charge in [0.15, 0.2) is 0 Å². The number of nitrogens with zero attached hydrogens (tertiary/aromatic N) is 1. The number of benzene rings is 2. The maximum atomic E-state index is 13.3. The Morgan fingerprint density at radius 1 is 1.29 bits per heavy atom. The molecule has 2 N–H and O–H groups in total. The molecule has 24 heavy (non-hydrogen) atoms. The maximum absolute atomic E-state index is 13.3. The van der Waals surface area contributed by atoms with E-state index in [1.54, 1.807) is 6.08 Å². The molecule has 5 nitrogen and oxygen atoms in total. The van der Waals surface area contributed by atoms with Gasteiger partial charge in [-0.05, 0) is 23.8 Å². The lowest BCUT2D eigenvalue weighted by molar-refractivity contribution is -0.129. The number of hydrogen-bond donors (Lipinski definition) is 2. The standard InChI is InChI=1S/C17H14ClFN2O3/c18-16(17(22)23)21-20-14-11-13(19)8-9-15(14)24-10-4-7-12-5-2-1-3-6-12/h1-9,11,20H,10H2,(H,22,23). The number of carboxylic acid groups (broad SMARTS) is 1. The Morgan fingerprint density at radius 2 is 2.04 bits per heavy atom. The smallest absolute Gasteiger partial charge is 0.368 e. The lowest BCUT2D eigenvalue weighted by Gasteiger charge is -2.09. The predicted molar refractivity (Wildman–Crippen MR) is 91.9 cm³/mol. The first kappa shape index (κ1) is 17.5. The lowest BCUT2D eigenvalue weighted by atomic mass is 10.2. The third kappa shape index (κ3) is 5.40. The highest BCUT2D eigenvalue weighted by atomic mass is 35.5. The quantitative estimate of drug-likeness (QED) is 0.586. The number of carboxylic acids is 1. The van der Waals surface area contributed by atoms with Gasteiger partial charge >= 0.3 is 5.97 Å². The number of anilines is 1. The molecule has 2 aromatic carbocycles. The van der Waals surface area contributed by atoms with Gasteiger partial charge < -0.3 is 9.84 Å². The molecule has 0 spiro atoms. The highest BCUT2D eigenvalue weighted by Gasteiger charge is 2.08. The van der Waals surface area contributed by atoms with Crippen LogP contribution in [0.15, 0.2) is 59.7 Å². The van der Waals surface area contributed by atoms with Gasteiger partial charge in [-0.1, -0.05) is 48.0 Å². The number of nitrogens with one attached hydrogen (secondary N) is 1. The molecule has 0 aliphatic rings. The Hall–Kier alpha value is -2.86. The van der Waals surface area contributed by atoms with E-state index in [9.17, 15) is 9.18 Å². The summed E-state index contributed by atoms with van der Waals surface area (Å²) in [7, 11) is 0. The van der Waals surface area contributed by atoms with Crippen LogP contribution in [0.1, 0.15) is 5.56 Å². The molecule has 0 saturated heterocycles. The minimum absolute atomic E-state index is 0.169. The molecule has 0 amide bonds. The summed E-state index contributed by atoms with van der Waals surface area (Å²) < 4.78 is 18.9. The molecule has 0 bridgehead atoms. The Kier molecular flexibility index (Phi) is 6.33. The molecule has 2 rings (SSSR count). The topological polar surface area (TPSA) is 70.9 Å². The van der Waals surface area contributed by atoms with Gasteiger partial charge in [0.05, 0.1) is 0 Å². The van der Waals surface area contributed by atoms with Crippen molar-refractivity contribution in [2.24, 2.45) is 5.10 Å². The Labute approximate surface area is 143 Å². The van der Waals surface area contributed by atoms with Crippen LogP contribution in [0.2, 0.25) is 0 Å². The summed E-state index contributed by atoms with van der Waals surface area (Å²) in [5, 5.41) is 11.4. The number of hydrogen-bond acceptors (Lipinski definition) is 4. The third-order valence-electron chi connectivity index (χ3n) is 2.84. The van der Waals surface area contributed by atoms with Crippen molar-refractivity contribution in [1.82, 2.24) is 0 Å². The van der Waals surface area contributed by atoms with Gasteiger partial charge in [-0.2, -0.15) is 5.10 Å². The van der Waals surface area contributed by atoms with Gasteiger partial charge in [0.25, 0.3) is 0 Å². The maximum Gasteiger partial charge on any atom is 0.368 e. The van der Waals surface area contributed by atoms with Gasteiger partial charge in [-0.15, -0.1) is 0 Å². The van der Waals surface area contributed by atoms with Crippen molar-refractivity contribution < 1.29 is 19.0 Å². The average Bonchev–Trinajstić information content (AvgIpc) is 2.58. The van der Waals surface area contributed by atoms with E-state index in [4.69, 9.17) is 21.4 Å². The fourth-order valence-corrected chi connectivity index (χ4v) is 1.80. The van der Waals surface area contributed by atoms with Crippen molar-refractivity contribution in [2.45, 2.75) is 0 Å². The zero-order chi connectivity index (χ0) is 17.4. The SMILES string of the molecule is O=C(O)C(Cl)=NNc1cc(F)ccc1OCC=Cc1ccccc1. The van der Waals surface area contributed by atoms with Crippen LogP contribution >= 0.6 is 11.6 Å². The molecule has 2 aromatic rings. The first-order chi connectivity index (χ1) is 11.6. The number of halogens is 2. The molecule has 0 heterocycles. The monoisotopic (exact) mass is 348 g/mol. The second-order valence-electron chi connectivity index (χ2n) is 4.58. The van der Waals surface area contributed by atoms with E-state index in [1.807, 2.05) is 36.4 Å². The Bertz CT molecular complexity index is 764. The number of rotatable bonds is 7. The summed E-state index contributed by atoms with van der Waals surface area (Å²) in [5.74, 6) is -1.60.